The summed E-state index contributed by atoms with van der Waals surface area (Å²) in [5.74, 6) is -0.607. The fourth-order valence-electron chi connectivity index (χ4n) is 4.32. The normalized spacial score (nSPS) is 11.5. The highest BCUT2D eigenvalue weighted by Gasteiger charge is 2.16. The summed E-state index contributed by atoms with van der Waals surface area (Å²) >= 11 is 2.99. The molecule has 0 heterocycles. The number of aliphatic hydroxyl groups is 2. The lowest BCUT2D eigenvalue weighted by Crippen LogP contribution is -2.27. The number of rotatable bonds is 51. The van der Waals surface area contributed by atoms with E-state index in [0.29, 0.717) is 198 Å². The number of ether oxygens (including phenoxy) is 18. The topological polar surface area (TPSA) is 258 Å². The molecule has 0 aliphatic rings. The Bertz CT molecular complexity index is 1080. The van der Waals surface area contributed by atoms with Crippen molar-refractivity contribution < 1.29 is 110 Å². The Balaban J connectivity index is -0.00000116. The third-order valence-corrected chi connectivity index (χ3v) is 7.61. The first kappa shape index (κ1) is 73.6. The number of alkyl halides is 1. The van der Waals surface area contributed by atoms with Gasteiger partial charge in [0.1, 0.15) is 29.7 Å². The molecular formula is C47H93BrO23. The zero-order valence-corrected chi connectivity index (χ0v) is 45.7. The lowest BCUT2D eigenvalue weighted by atomic mass is 10.2. The molecule has 71 heavy (non-hydrogen) atoms. The molecule has 0 rings (SSSR count). The van der Waals surface area contributed by atoms with Gasteiger partial charge < -0.3 is 95.5 Å². The summed E-state index contributed by atoms with van der Waals surface area (Å²) in [6, 6.07) is 0. The van der Waals surface area contributed by atoms with Crippen molar-refractivity contribution in [2.24, 2.45) is 0 Å². The highest BCUT2D eigenvalue weighted by atomic mass is 79.9. The van der Waals surface area contributed by atoms with Crippen molar-refractivity contribution >= 4 is 33.7 Å². The summed E-state index contributed by atoms with van der Waals surface area (Å²) in [5.41, 5.74) is -0.866. The molecule has 0 bridgehead atoms. The van der Waals surface area contributed by atoms with Crippen LogP contribution in [0.4, 0.5) is 0 Å². The first-order chi connectivity index (χ1) is 34.2. The van der Waals surface area contributed by atoms with Crippen molar-refractivity contribution in [2.45, 2.75) is 59.7 Å². The lowest BCUT2D eigenvalue weighted by Gasteiger charge is -2.19. The van der Waals surface area contributed by atoms with Crippen LogP contribution in [0.25, 0.3) is 0 Å². The van der Waals surface area contributed by atoms with Crippen LogP contribution in [-0.2, 0) is 99.6 Å². The highest BCUT2D eigenvalue weighted by molar-refractivity contribution is 9.09. The Hall–Kier alpha value is -1.63. The van der Waals surface area contributed by atoms with Gasteiger partial charge in [0.05, 0.1) is 211 Å². The lowest BCUT2D eigenvalue weighted by molar-refractivity contribution is -0.160. The summed E-state index contributed by atoms with van der Waals surface area (Å²) in [4.78, 5) is 32.7. The van der Waals surface area contributed by atoms with Gasteiger partial charge in [0.25, 0.3) is 0 Å². The van der Waals surface area contributed by atoms with Gasteiger partial charge in [-0.05, 0) is 48.5 Å². The molecule has 426 valence electrons. The van der Waals surface area contributed by atoms with Crippen LogP contribution in [0.2, 0.25) is 0 Å². The van der Waals surface area contributed by atoms with E-state index >= 15 is 0 Å². The number of hydrogen-bond acceptors (Lipinski definition) is 23. The number of ketones is 1. The molecule has 0 unspecified atom stereocenters. The minimum absolute atomic E-state index is 0.000965. The Morgan fingerprint density at radius 1 is 0.310 bits per heavy atom. The number of aliphatic hydroxyl groups excluding tert-OH is 2. The van der Waals surface area contributed by atoms with E-state index in [2.05, 4.69) is 15.9 Å². The third kappa shape index (κ3) is 77.4. The van der Waals surface area contributed by atoms with Gasteiger partial charge in [-0.25, -0.2) is 4.79 Å². The summed E-state index contributed by atoms with van der Waals surface area (Å²) in [5, 5.41) is 17.3. The van der Waals surface area contributed by atoms with E-state index < -0.39 is 5.60 Å². The molecular weight excluding hydrogens is 1010 g/mol. The molecule has 0 amide bonds. The summed E-state index contributed by atoms with van der Waals surface area (Å²) < 4.78 is 94.7. The van der Waals surface area contributed by atoms with Crippen LogP contribution in [0.3, 0.4) is 0 Å². The monoisotopic (exact) mass is 1100 g/mol. The average Bonchev–Trinajstić information content (AvgIpc) is 3.31. The maximum absolute atomic E-state index is 11.5. The molecule has 2 N–H and O–H groups in total. The van der Waals surface area contributed by atoms with Crippen molar-refractivity contribution in [3.05, 3.63) is 0 Å². The number of halogens is 1. The van der Waals surface area contributed by atoms with E-state index in [9.17, 15) is 14.4 Å². The summed E-state index contributed by atoms with van der Waals surface area (Å²) in [6.07, 6.45) is 0. The molecule has 0 fully saturated rings. The maximum Gasteiger partial charge on any atom is 0.332 e. The number of hydrogen-bond donors (Lipinski definition) is 2. The van der Waals surface area contributed by atoms with E-state index in [1.54, 1.807) is 0 Å². The molecule has 23 nitrogen and oxygen atoms in total. The fourth-order valence-corrected chi connectivity index (χ4v) is 4.43. The van der Waals surface area contributed by atoms with Crippen molar-refractivity contribution in [3.8, 4) is 0 Å². The zero-order valence-electron chi connectivity index (χ0n) is 44.1. The predicted molar refractivity (Wildman–Crippen MR) is 263 cm³/mol. The molecule has 0 aromatic heterocycles. The van der Waals surface area contributed by atoms with Crippen LogP contribution in [0.15, 0.2) is 0 Å². The molecule has 0 aromatic rings. The second kappa shape index (κ2) is 59.2. The van der Waals surface area contributed by atoms with Crippen molar-refractivity contribution in [1.29, 1.82) is 0 Å². The second-order valence-corrected chi connectivity index (χ2v) is 16.7. The standard InChI is InChI=1S/C25H48O12.C16H34O9.C6H11BrO2/c1-23(26)21-35-19-17-33-15-13-31-11-9-29-7-5-28-6-8-30-10-12-32-14-16-34-18-20-36-22-24(27)37-25(2,3)4;17-1-3-19-5-7-21-9-11-23-13-15-25-16-14-24-12-10-22-8-6-20-4-2-18;1-6(2,3)9-5(8)4-7/h5-22H2,1-4H3;17-18H,1-16H2;4H2,1-3H3. The Morgan fingerprint density at radius 2 is 0.493 bits per heavy atom. The van der Waals surface area contributed by atoms with Crippen LogP contribution in [0.1, 0.15) is 48.5 Å². The van der Waals surface area contributed by atoms with Gasteiger partial charge in [0.2, 0.25) is 0 Å². The first-order valence-corrected chi connectivity index (χ1v) is 25.2. The van der Waals surface area contributed by atoms with Gasteiger partial charge in [0.15, 0.2) is 5.78 Å². The minimum atomic E-state index is -0.509. The molecule has 0 saturated heterocycles. The van der Waals surface area contributed by atoms with Crippen LogP contribution in [-0.4, -0.2) is 269 Å². The van der Waals surface area contributed by atoms with E-state index in [1.165, 1.54) is 6.92 Å². The molecule has 0 radical (unpaired) electrons. The highest BCUT2D eigenvalue weighted by Crippen LogP contribution is 2.07. The van der Waals surface area contributed by atoms with E-state index in [0.717, 1.165) is 0 Å². The van der Waals surface area contributed by atoms with Crippen LogP contribution < -0.4 is 0 Å². The number of carbonyl (C=O) groups excluding carboxylic acids is 3. The van der Waals surface area contributed by atoms with E-state index in [1.807, 2.05) is 41.5 Å². The molecule has 0 atom stereocenters. The smallest absolute Gasteiger partial charge is 0.332 e. The van der Waals surface area contributed by atoms with Crippen molar-refractivity contribution in [1.82, 2.24) is 0 Å². The third-order valence-electron chi connectivity index (χ3n) is 7.15. The number of carbonyl (C=O) groups is 3. The molecule has 0 spiro atoms. The quantitative estimate of drug-likeness (QED) is 0.0501. The van der Waals surface area contributed by atoms with Gasteiger partial charge in [-0.2, -0.15) is 0 Å². The molecule has 0 aliphatic carbocycles. The van der Waals surface area contributed by atoms with Crippen LogP contribution >= 0.6 is 15.9 Å². The first-order valence-electron chi connectivity index (χ1n) is 24.1. The molecule has 0 aliphatic heterocycles. The van der Waals surface area contributed by atoms with E-state index in [-0.39, 0.29) is 55.1 Å². The predicted octanol–water partition coefficient (Wildman–Crippen LogP) is 1.88. The molecule has 0 saturated carbocycles. The second-order valence-electron chi connectivity index (χ2n) is 16.1. The molecule has 24 heteroatoms. The fraction of sp³-hybridized carbons (Fsp3) is 0.936. The van der Waals surface area contributed by atoms with Gasteiger partial charge in [0, 0.05) is 0 Å². The van der Waals surface area contributed by atoms with Gasteiger partial charge in [-0.1, -0.05) is 15.9 Å². The van der Waals surface area contributed by atoms with Crippen LogP contribution in [0, 0.1) is 0 Å². The van der Waals surface area contributed by atoms with Crippen molar-refractivity contribution in [3.63, 3.8) is 0 Å². The van der Waals surface area contributed by atoms with Gasteiger partial charge in [-0.3, -0.25) is 9.59 Å². The van der Waals surface area contributed by atoms with E-state index in [4.69, 9.17) is 95.5 Å². The summed E-state index contributed by atoms with van der Waals surface area (Å²) in [7, 11) is 0. The average molecular weight is 1110 g/mol. The molecule has 0 aromatic carbocycles. The van der Waals surface area contributed by atoms with Gasteiger partial charge in [-0.15, -0.1) is 0 Å². The Labute approximate surface area is 432 Å². The number of Topliss-reactive ketones (excluding diaryl/α,β-unsaturated/α-hetero) is 1. The van der Waals surface area contributed by atoms with Crippen molar-refractivity contribution in [2.75, 3.05) is 230 Å². The maximum atomic E-state index is 11.5. The number of esters is 2. The Morgan fingerprint density at radius 3 is 0.662 bits per heavy atom. The largest absolute Gasteiger partial charge is 0.459 e. The Kier molecular flexibility index (Phi) is 61.4. The minimum Gasteiger partial charge on any atom is -0.459 e. The van der Waals surface area contributed by atoms with Gasteiger partial charge >= 0.3 is 11.9 Å². The zero-order chi connectivity index (χ0) is 53.2. The van der Waals surface area contributed by atoms with Crippen LogP contribution in [0.5, 0.6) is 0 Å². The SMILES string of the molecule is CC(=O)COCCOCCOCCOCCOCCOCCOCCOCCOCC(=O)OC(C)(C)C.CC(C)(C)OC(=O)CBr.OCCOCCOCCOCCOCCOCCOCCOCCO. The summed E-state index contributed by atoms with van der Waals surface area (Å²) in [6.45, 7) is 26.5.